The highest BCUT2D eigenvalue weighted by Crippen LogP contribution is 2.27. The third-order valence-corrected chi connectivity index (χ3v) is 4.11. The van der Waals surface area contributed by atoms with E-state index in [-0.39, 0.29) is 4.90 Å². The second-order valence-corrected chi connectivity index (χ2v) is 5.93. The molecule has 20 heavy (non-hydrogen) atoms. The molecule has 0 aromatic heterocycles. The van der Waals surface area contributed by atoms with Crippen molar-refractivity contribution in [2.75, 3.05) is 0 Å². The van der Waals surface area contributed by atoms with Crippen molar-refractivity contribution in [1.29, 1.82) is 0 Å². The highest BCUT2D eigenvalue weighted by Gasteiger charge is 2.21. The monoisotopic (exact) mass is 291 g/mol. The van der Waals surface area contributed by atoms with E-state index in [0.717, 1.165) is 11.1 Å². The third kappa shape index (κ3) is 2.97. The number of sulfonamides is 1. The van der Waals surface area contributed by atoms with Gasteiger partial charge in [-0.05, 0) is 18.6 Å². The van der Waals surface area contributed by atoms with Gasteiger partial charge in [0.25, 0.3) is 10.0 Å². The number of rotatable bonds is 3. The molecule has 2 rings (SSSR count). The molecule has 2 aromatic carbocycles. The fourth-order valence-electron chi connectivity index (χ4n) is 1.92. The molecule has 104 valence electrons. The van der Waals surface area contributed by atoms with Crippen LogP contribution < -0.4 is 4.72 Å². The van der Waals surface area contributed by atoms with Crippen molar-refractivity contribution in [2.45, 2.75) is 11.8 Å². The van der Waals surface area contributed by atoms with Crippen LogP contribution in [0.3, 0.4) is 0 Å². The van der Waals surface area contributed by atoms with E-state index in [0.29, 0.717) is 5.56 Å². The summed E-state index contributed by atoms with van der Waals surface area (Å²) in [5.74, 6) is 0. The van der Waals surface area contributed by atoms with Gasteiger partial charge in [0, 0.05) is 5.56 Å². The van der Waals surface area contributed by atoms with Crippen molar-refractivity contribution in [3.8, 4) is 11.1 Å². The van der Waals surface area contributed by atoms with Gasteiger partial charge in [0.1, 0.15) is 0 Å². The van der Waals surface area contributed by atoms with Crippen molar-refractivity contribution in [3.63, 3.8) is 0 Å². The number of aryl methyl sites for hydroxylation is 1. The van der Waals surface area contributed by atoms with Gasteiger partial charge in [0.2, 0.25) is 0 Å². The van der Waals surface area contributed by atoms with Crippen molar-refractivity contribution >= 4 is 16.1 Å². The first-order valence-corrected chi connectivity index (χ1v) is 7.30. The molecular weight excluding hydrogens is 278 g/mol. The lowest BCUT2D eigenvalue weighted by Crippen LogP contribution is -2.29. The maximum Gasteiger partial charge on any atom is 0.418 e. The number of carboxylic acid groups (broad SMARTS) is 1. The Morgan fingerprint density at radius 3 is 2.45 bits per heavy atom. The summed E-state index contributed by atoms with van der Waals surface area (Å²) in [7, 11) is -4.10. The Hall–Kier alpha value is -2.34. The topological polar surface area (TPSA) is 83.5 Å². The summed E-state index contributed by atoms with van der Waals surface area (Å²) >= 11 is 0. The summed E-state index contributed by atoms with van der Waals surface area (Å²) in [6, 6.07) is 13.6. The molecule has 0 bridgehead atoms. The van der Waals surface area contributed by atoms with Gasteiger partial charge in [0.15, 0.2) is 0 Å². The number of benzene rings is 2. The van der Waals surface area contributed by atoms with E-state index in [1.165, 1.54) is 6.07 Å². The minimum absolute atomic E-state index is 0.0620. The van der Waals surface area contributed by atoms with Crippen molar-refractivity contribution in [1.82, 2.24) is 4.72 Å². The quantitative estimate of drug-likeness (QED) is 0.910. The van der Waals surface area contributed by atoms with E-state index in [2.05, 4.69) is 0 Å². The zero-order valence-corrected chi connectivity index (χ0v) is 11.5. The van der Waals surface area contributed by atoms with E-state index < -0.39 is 16.1 Å². The molecule has 1 amide bonds. The maximum absolute atomic E-state index is 12.0. The lowest BCUT2D eigenvalue weighted by Gasteiger charge is -2.10. The molecule has 0 atom stereocenters. The van der Waals surface area contributed by atoms with Gasteiger partial charge >= 0.3 is 6.09 Å². The first-order valence-electron chi connectivity index (χ1n) is 5.82. The van der Waals surface area contributed by atoms with Crippen LogP contribution in [0.15, 0.2) is 53.4 Å². The van der Waals surface area contributed by atoms with E-state index in [4.69, 9.17) is 5.11 Å². The van der Waals surface area contributed by atoms with Gasteiger partial charge in [-0.15, -0.1) is 0 Å². The largest absolute Gasteiger partial charge is 0.464 e. The molecule has 0 aliphatic heterocycles. The van der Waals surface area contributed by atoms with Crippen LogP contribution in [0, 0.1) is 6.92 Å². The van der Waals surface area contributed by atoms with Crippen LogP contribution in [0.1, 0.15) is 5.56 Å². The highest BCUT2D eigenvalue weighted by molar-refractivity contribution is 7.90. The van der Waals surface area contributed by atoms with Crippen LogP contribution >= 0.6 is 0 Å². The SMILES string of the molecule is Cc1cccc(-c2ccccc2S(=O)(=O)NC(=O)O)c1. The number of carbonyl (C=O) groups is 1. The fraction of sp³-hybridized carbons (Fsp3) is 0.0714. The van der Waals surface area contributed by atoms with Gasteiger partial charge < -0.3 is 5.11 Å². The second kappa shape index (κ2) is 5.34. The van der Waals surface area contributed by atoms with Crippen molar-refractivity contribution in [2.24, 2.45) is 0 Å². The molecule has 2 N–H and O–H groups in total. The average Bonchev–Trinajstić information content (AvgIpc) is 2.37. The lowest BCUT2D eigenvalue weighted by atomic mass is 10.0. The summed E-state index contributed by atoms with van der Waals surface area (Å²) in [6.45, 7) is 1.90. The van der Waals surface area contributed by atoms with Gasteiger partial charge in [-0.25, -0.2) is 17.9 Å². The molecule has 0 aliphatic rings. The fourth-order valence-corrected chi connectivity index (χ4v) is 2.99. The zero-order valence-electron chi connectivity index (χ0n) is 10.7. The Bertz CT molecular complexity index is 753. The lowest BCUT2D eigenvalue weighted by molar-refractivity contribution is 0.201. The normalized spacial score (nSPS) is 11.1. The van der Waals surface area contributed by atoms with Gasteiger partial charge in [-0.2, -0.15) is 0 Å². The van der Waals surface area contributed by atoms with Crippen LogP contribution in [0.25, 0.3) is 11.1 Å². The molecular formula is C14H13NO4S. The Morgan fingerprint density at radius 2 is 1.80 bits per heavy atom. The molecule has 6 heteroatoms. The summed E-state index contributed by atoms with van der Waals surface area (Å²) in [4.78, 5) is 10.5. The Morgan fingerprint density at radius 1 is 1.10 bits per heavy atom. The van der Waals surface area contributed by atoms with Crippen molar-refractivity contribution in [3.05, 3.63) is 54.1 Å². The molecule has 0 radical (unpaired) electrons. The highest BCUT2D eigenvalue weighted by atomic mass is 32.2. The standard InChI is InChI=1S/C14H13NO4S/c1-10-5-4-6-11(9-10)12-7-2-3-8-13(12)20(18,19)15-14(16)17/h2-9,15H,1H3,(H,16,17). The molecule has 0 aliphatic carbocycles. The van der Waals surface area contributed by atoms with Crippen LogP contribution in [-0.4, -0.2) is 19.6 Å². The molecule has 0 fully saturated rings. The zero-order chi connectivity index (χ0) is 14.8. The van der Waals surface area contributed by atoms with E-state index >= 15 is 0 Å². The van der Waals surface area contributed by atoms with Gasteiger partial charge in [-0.3, -0.25) is 0 Å². The molecule has 0 heterocycles. The van der Waals surface area contributed by atoms with Crippen LogP contribution in [0.5, 0.6) is 0 Å². The first kappa shape index (κ1) is 14.1. The number of nitrogens with one attached hydrogen (secondary N) is 1. The van der Waals surface area contributed by atoms with Crippen LogP contribution in [0.2, 0.25) is 0 Å². The third-order valence-electron chi connectivity index (χ3n) is 2.73. The maximum atomic E-state index is 12.0. The minimum atomic E-state index is -4.10. The molecule has 0 saturated heterocycles. The van der Waals surface area contributed by atoms with E-state index in [9.17, 15) is 13.2 Å². The Balaban J connectivity index is 2.60. The number of hydrogen-bond donors (Lipinski definition) is 2. The van der Waals surface area contributed by atoms with E-state index in [1.54, 1.807) is 29.0 Å². The van der Waals surface area contributed by atoms with E-state index in [1.807, 2.05) is 25.1 Å². The Labute approximate surface area is 116 Å². The number of amides is 1. The molecule has 0 spiro atoms. The molecule has 0 unspecified atom stereocenters. The number of hydrogen-bond acceptors (Lipinski definition) is 3. The summed E-state index contributed by atoms with van der Waals surface area (Å²) in [5, 5.41) is 8.63. The molecule has 5 nitrogen and oxygen atoms in total. The summed E-state index contributed by atoms with van der Waals surface area (Å²) in [6.07, 6.45) is -1.61. The van der Waals surface area contributed by atoms with Crippen LogP contribution in [0.4, 0.5) is 4.79 Å². The van der Waals surface area contributed by atoms with Gasteiger partial charge in [-0.1, -0.05) is 48.0 Å². The summed E-state index contributed by atoms with van der Waals surface area (Å²) in [5.41, 5.74) is 2.17. The van der Waals surface area contributed by atoms with Gasteiger partial charge in [0.05, 0.1) is 4.90 Å². The summed E-state index contributed by atoms with van der Waals surface area (Å²) < 4.78 is 25.6. The molecule has 0 saturated carbocycles. The molecule has 2 aromatic rings. The average molecular weight is 291 g/mol. The Kier molecular flexibility index (Phi) is 3.76. The predicted octanol–water partition coefficient (Wildman–Crippen LogP) is 2.62. The van der Waals surface area contributed by atoms with Crippen LogP contribution in [-0.2, 0) is 10.0 Å². The predicted molar refractivity (Wildman–Crippen MR) is 75.0 cm³/mol. The minimum Gasteiger partial charge on any atom is -0.464 e. The second-order valence-electron chi connectivity index (χ2n) is 4.28. The van der Waals surface area contributed by atoms with Crippen molar-refractivity contribution < 1.29 is 18.3 Å². The first-order chi connectivity index (χ1) is 9.40. The smallest absolute Gasteiger partial charge is 0.418 e.